The average Bonchev–Trinajstić information content (AvgIpc) is 3.03. The summed E-state index contributed by atoms with van der Waals surface area (Å²) in [5, 5.41) is 8.71. The molecule has 0 aliphatic carbocycles. The number of guanidine groups is 1. The highest BCUT2D eigenvalue weighted by atomic mass is 127. The predicted octanol–water partition coefficient (Wildman–Crippen LogP) is 2.84. The van der Waals surface area contributed by atoms with E-state index in [1.165, 1.54) is 0 Å². The van der Waals surface area contributed by atoms with E-state index in [-0.39, 0.29) is 29.9 Å². The smallest absolute Gasteiger partial charge is 0.242 e. The maximum atomic E-state index is 12.7. The summed E-state index contributed by atoms with van der Waals surface area (Å²) in [6.45, 7) is 8.30. The Bertz CT molecular complexity index is 931. The van der Waals surface area contributed by atoms with Crippen LogP contribution in [0.1, 0.15) is 22.5 Å². The number of amides is 1. The Kier molecular flexibility index (Phi) is 10.2. The molecular formula is C22H32ClIN6O2. The van der Waals surface area contributed by atoms with Crippen LogP contribution in [0.25, 0.3) is 0 Å². The molecule has 1 aromatic heterocycles. The van der Waals surface area contributed by atoms with Crippen LogP contribution in [0, 0.1) is 13.8 Å². The average molecular weight is 575 g/mol. The monoisotopic (exact) mass is 574 g/mol. The van der Waals surface area contributed by atoms with Gasteiger partial charge in [-0.25, -0.2) is 0 Å². The number of piperazine rings is 1. The second-order valence-electron chi connectivity index (χ2n) is 7.63. The van der Waals surface area contributed by atoms with Crippen LogP contribution in [0.5, 0.6) is 0 Å². The summed E-state index contributed by atoms with van der Waals surface area (Å²) in [4.78, 5) is 21.0. The summed E-state index contributed by atoms with van der Waals surface area (Å²) in [5.74, 6) is 0.812. The molecule has 0 bridgehead atoms. The molecule has 1 amide bonds. The summed E-state index contributed by atoms with van der Waals surface area (Å²) in [6.07, 6.45) is 0. The topological polar surface area (TPSA) is 75.0 Å². The van der Waals surface area contributed by atoms with E-state index >= 15 is 0 Å². The summed E-state index contributed by atoms with van der Waals surface area (Å²) in [6, 6.07) is 7.62. The van der Waals surface area contributed by atoms with Gasteiger partial charge in [0, 0.05) is 56.6 Å². The third-order valence-corrected chi connectivity index (χ3v) is 5.83. The van der Waals surface area contributed by atoms with Gasteiger partial charge in [0.2, 0.25) is 5.91 Å². The number of hydrogen-bond acceptors (Lipinski definition) is 4. The second-order valence-corrected chi connectivity index (χ2v) is 8.07. The van der Waals surface area contributed by atoms with Gasteiger partial charge >= 0.3 is 0 Å². The van der Waals surface area contributed by atoms with Crippen LogP contribution in [0.15, 0.2) is 29.3 Å². The first-order valence-electron chi connectivity index (χ1n) is 10.4. The number of ether oxygens (including phenoxy) is 1. The van der Waals surface area contributed by atoms with E-state index in [1.807, 2.05) is 45.7 Å². The normalized spacial score (nSPS) is 14.5. The Labute approximate surface area is 212 Å². The lowest BCUT2D eigenvalue weighted by molar-refractivity contribution is -0.135. The fraction of sp³-hybridized carbons (Fsp3) is 0.500. The van der Waals surface area contributed by atoms with Crippen LogP contribution in [-0.2, 0) is 29.2 Å². The molecule has 0 spiro atoms. The molecule has 8 nitrogen and oxygen atoms in total. The van der Waals surface area contributed by atoms with Crippen LogP contribution in [0.4, 0.5) is 0 Å². The zero-order chi connectivity index (χ0) is 22.4. The van der Waals surface area contributed by atoms with Gasteiger partial charge in [0.25, 0.3) is 0 Å². The highest BCUT2D eigenvalue weighted by Gasteiger charge is 2.26. The van der Waals surface area contributed by atoms with Gasteiger partial charge in [0.05, 0.1) is 25.4 Å². The van der Waals surface area contributed by atoms with E-state index in [9.17, 15) is 4.79 Å². The number of aliphatic imine (C=N–C) groups is 1. The molecular weight excluding hydrogens is 543 g/mol. The molecule has 1 saturated heterocycles. The highest BCUT2D eigenvalue weighted by Crippen LogP contribution is 2.15. The van der Waals surface area contributed by atoms with E-state index in [2.05, 4.69) is 22.3 Å². The molecule has 1 N–H and O–H groups in total. The van der Waals surface area contributed by atoms with Crippen LogP contribution < -0.4 is 5.32 Å². The third-order valence-electron chi connectivity index (χ3n) is 5.58. The number of carbonyl (C=O) groups is 1. The summed E-state index contributed by atoms with van der Waals surface area (Å²) >= 11 is 5.95. The lowest BCUT2D eigenvalue weighted by Gasteiger charge is -2.36. The summed E-state index contributed by atoms with van der Waals surface area (Å²) < 4.78 is 7.13. The van der Waals surface area contributed by atoms with Crippen molar-refractivity contribution in [1.82, 2.24) is 24.9 Å². The van der Waals surface area contributed by atoms with Gasteiger partial charge in [-0.3, -0.25) is 14.5 Å². The number of hydrogen-bond donors (Lipinski definition) is 1. The molecule has 0 unspecified atom stereocenters. The van der Waals surface area contributed by atoms with Gasteiger partial charge < -0.3 is 19.9 Å². The Morgan fingerprint density at radius 3 is 2.59 bits per heavy atom. The Morgan fingerprint density at radius 2 is 1.97 bits per heavy atom. The first-order valence-corrected chi connectivity index (χ1v) is 10.8. The molecule has 0 atom stereocenters. The molecule has 32 heavy (non-hydrogen) atoms. The van der Waals surface area contributed by atoms with Crippen molar-refractivity contribution in [3.8, 4) is 0 Å². The minimum Gasteiger partial charge on any atom is -0.383 e. The third kappa shape index (κ3) is 6.58. The SMILES string of the molecule is CN=C(NCc1c(C)nn(CCOC)c1C)N1CCN(Cc2ccc(Cl)cc2)C(=O)C1.I. The lowest BCUT2D eigenvalue weighted by atomic mass is 10.2. The maximum Gasteiger partial charge on any atom is 0.242 e. The first kappa shape index (κ1) is 26.4. The molecule has 0 saturated carbocycles. The van der Waals surface area contributed by atoms with E-state index in [1.54, 1.807) is 14.2 Å². The molecule has 1 aromatic carbocycles. The van der Waals surface area contributed by atoms with Crippen molar-refractivity contribution >= 4 is 47.4 Å². The number of methoxy groups -OCH3 is 1. The van der Waals surface area contributed by atoms with Crippen molar-refractivity contribution in [3.63, 3.8) is 0 Å². The van der Waals surface area contributed by atoms with Crippen LogP contribution in [0.3, 0.4) is 0 Å². The largest absolute Gasteiger partial charge is 0.383 e. The summed E-state index contributed by atoms with van der Waals surface area (Å²) in [7, 11) is 3.43. The van der Waals surface area contributed by atoms with Crippen LogP contribution in [-0.4, -0.2) is 71.8 Å². The van der Waals surface area contributed by atoms with Gasteiger partial charge in [0.1, 0.15) is 0 Å². The van der Waals surface area contributed by atoms with Gasteiger partial charge in [-0.2, -0.15) is 5.10 Å². The molecule has 1 aliphatic rings. The van der Waals surface area contributed by atoms with Gasteiger partial charge in [-0.05, 0) is 31.5 Å². The minimum absolute atomic E-state index is 0. The highest BCUT2D eigenvalue weighted by molar-refractivity contribution is 14.0. The van der Waals surface area contributed by atoms with Crippen LogP contribution in [0.2, 0.25) is 5.02 Å². The number of nitrogens with one attached hydrogen (secondary N) is 1. The number of carbonyl (C=O) groups excluding carboxylic acids is 1. The minimum atomic E-state index is 0. The summed E-state index contributed by atoms with van der Waals surface area (Å²) in [5.41, 5.74) is 4.32. The number of aromatic nitrogens is 2. The maximum absolute atomic E-state index is 12.7. The van der Waals surface area contributed by atoms with Crippen molar-refractivity contribution in [2.75, 3.05) is 40.4 Å². The molecule has 1 aliphatic heterocycles. The van der Waals surface area contributed by atoms with Crippen molar-refractivity contribution in [2.45, 2.75) is 33.5 Å². The Morgan fingerprint density at radius 1 is 1.25 bits per heavy atom. The number of benzene rings is 1. The molecule has 2 heterocycles. The molecule has 3 rings (SSSR count). The van der Waals surface area contributed by atoms with E-state index < -0.39 is 0 Å². The Balaban J connectivity index is 0.00000363. The lowest BCUT2D eigenvalue weighted by Crippen LogP contribution is -2.54. The zero-order valence-corrected chi connectivity index (χ0v) is 22.2. The van der Waals surface area contributed by atoms with Gasteiger partial charge in [0.15, 0.2) is 5.96 Å². The molecule has 0 radical (unpaired) electrons. The molecule has 176 valence electrons. The number of rotatable bonds is 7. The van der Waals surface area contributed by atoms with E-state index in [0.717, 1.165) is 41.6 Å². The van der Waals surface area contributed by atoms with Gasteiger partial charge in [-0.1, -0.05) is 23.7 Å². The molecule has 2 aromatic rings. The fourth-order valence-electron chi connectivity index (χ4n) is 3.75. The molecule has 1 fully saturated rings. The first-order chi connectivity index (χ1) is 14.9. The Hall–Kier alpha value is -1.85. The van der Waals surface area contributed by atoms with E-state index in [4.69, 9.17) is 16.3 Å². The van der Waals surface area contributed by atoms with Crippen molar-refractivity contribution in [3.05, 3.63) is 51.8 Å². The fourth-order valence-corrected chi connectivity index (χ4v) is 3.88. The van der Waals surface area contributed by atoms with Crippen molar-refractivity contribution in [1.29, 1.82) is 0 Å². The zero-order valence-electron chi connectivity index (χ0n) is 19.1. The molecule has 10 heteroatoms. The number of aryl methyl sites for hydroxylation is 1. The number of nitrogens with zero attached hydrogens (tertiary/aromatic N) is 5. The quantitative estimate of drug-likeness (QED) is 0.313. The predicted molar refractivity (Wildman–Crippen MR) is 138 cm³/mol. The van der Waals surface area contributed by atoms with Gasteiger partial charge in [-0.15, -0.1) is 24.0 Å². The number of halogens is 2. The standard InChI is InChI=1S/C22H31ClN6O2.HI/c1-16-20(17(2)29(26-16)11-12-31-4)13-25-22(24-3)28-10-9-27(21(30)15-28)14-18-5-7-19(23)8-6-18;/h5-8H,9-15H2,1-4H3,(H,24,25);1H. The van der Waals surface area contributed by atoms with Crippen LogP contribution >= 0.6 is 35.6 Å². The second kappa shape index (κ2) is 12.4. The van der Waals surface area contributed by atoms with Crippen molar-refractivity contribution < 1.29 is 9.53 Å². The van der Waals surface area contributed by atoms with E-state index in [0.29, 0.717) is 37.8 Å². The van der Waals surface area contributed by atoms with Crippen molar-refractivity contribution in [2.24, 2.45) is 4.99 Å².